The Morgan fingerprint density at radius 3 is 2.43 bits per heavy atom. The standard InChI is InChI=1S/C14H23FN2O3S/c1-4-5-10-17(3)21(19,20)16-11(2)14(18)12-6-8-13(15)9-7-12/h6-9,11,14,16,18H,4-5,10H2,1-3H3. The van der Waals surface area contributed by atoms with Crippen LogP contribution in [-0.2, 0) is 10.2 Å². The lowest BCUT2D eigenvalue weighted by atomic mass is 10.0. The quantitative estimate of drug-likeness (QED) is 0.768. The van der Waals surface area contributed by atoms with E-state index in [4.69, 9.17) is 0 Å². The van der Waals surface area contributed by atoms with Crippen molar-refractivity contribution in [2.75, 3.05) is 13.6 Å². The number of benzene rings is 1. The number of halogens is 1. The van der Waals surface area contributed by atoms with Crippen LogP contribution in [0.5, 0.6) is 0 Å². The van der Waals surface area contributed by atoms with Gasteiger partial charge in [0.2, 0.25) is 0 Å². The lowest BCUT2D eigenvalue weighted by molar-refractivity contribution is 0.145. The number of aliphatic hydroxyl groups excluding tert-OH is 1. The zero-order valence-electron chi connectivity index (χ0n) is 12.6. The zero-order valence-corrected chi connectivity index (χ0v) is 13.4. The van der Waals surface area contributed by atoms with Gasteiger partial charge >= 0.3 is 0 Å². The van der Waals surface area contributed by atoms with Crippen molar-refractivity contribution in [1.82, 2.24) is 9.03 Å². The van der Waals surface area contributed by atoms with Crippen LogP contribution >= 0.6 is 0 Å². The average Bonchev–Trinajstić information content (AvgIpc) is 2.44. The van der Waals surface area contributed by atoms with Gasteiger partial charge in [-0.2, -0.15) is 17.4 Å². The Labute approximate surface area is 126 Å². The first-order chi connectivity index (χ1) is 9.77. The molecular weight excluding hydrogens is 295 g/mol. The number of aliphatic hydroxyl groups is 1. The molecule has 0 spiro atoms. The van der Waals surface area contributed by atoms with E-state index in [9.17, 15) is 17.9 Å². The third-order valence-electron chi connectivity index (χ3n) is 3.26. The SMILES string of the molecule is CCCCN(C)S(=O)(=O)NC(C)C(O)c1ccc(F)cc1. The van der Waals surface area contributed by atoms with Crippen LogP contribution in [0.4, 0.5) is 4.39 Å². The maximum atomic E-state index is 12.8. The average molecular weight is 318 g/mol. The van der Waals surface area contributed by atoms with Gasteiger partial charge < -0.3 is 5.11 Å². The molecule has 0 aliphatic rings. The Morgan fingerprint density at radius 1 is 1.33 bits per heavy atom. The topological polar surface area (TPSA) is 69.6 Å². The van der Waals surface area contributed by atoms with Gasteiger partial charge in [-0.3, -0.25) is 0 Å². The van der Waals surface area contributed by atoms with Crippen molar-refractivity contribution >= 4 is 10.2 Å². The van der Waals surface area contributed by atoms with Crippen molar-refractivity contribution in [2.24, 2.45) is 0 Å². The van der Waals surface area contributed by atoms with Gasteiger partial charge in [0, 0.05) is 13.6 Å². The number of unbranched alkanes of at least 4 members (excludes halogenated alkanes) is 1. The lowest BCUT2D eigenvalue weighted by Gasteiger charge is -2.24. The highest BCUT2D eigenvalue weighted by molar-refractivity contribution is 7.87. The van der Waals surface area contributed by atoms with Crippen molar-refractivity contribution in [2.45, 2.75) is 38.8 Å². The highest BCUT2D eigenvalue weighted by Crippen LogP contribution is 2.18. The van der Waals surface area contributed by atoms with Crippen molar-refractivity contribution in [3.8, 4) is 0 Å². The minimum absolute atomic E-state index is 0.404. The van der Waals surface area contributed by atoms with Crippen LogP contribution in [0.1, 0.15) is 38.4 Å². The summed E-state index contributed by atoms with van der Waals surface area (Å²) >= 11 is 0. The van der Waals surface area contributed by atoms with E-state index in [1.165, 1.54) is 35.6 Å². The summed E-state index contributed by atoms with van der Waals surface area (Å²) < 4.78 is 40.7. The molecule has 2 unspecified atom stereocenters. The van der Waals surface area contributed by atoms with Gasteiger partial charge in [-0.1, -0.05) is 25.5 Å². The van der Waals surface area contributed by atoms with Gasteiger partial charge in [0.25, 0.3) is 10.2 Å². The first-order valence-corrected chi connectivity index (χ1v) is 8.39. The summed E-state index contributed by atoms with van der Waals surface area (Å²) in [6.07, 6.45) is 0.625. The fourth-order valence-electron chi connectivity index (χ4n) is 1.84. The fraction of sp³-hybridized carbons (Fsp3) is 0.571. The Balaban J connectivity index is 2.70. The Bertz CT molecular complexity index is 534. The van der Waals surface area contributed by atoms with Crippen LogP contribution in [0.3, 0.4) is 0 Å². The van der Waals surface area contributed by atoms with E-state index in [1.54, 1.807) is 6.92 Å². The molecule has 1 aromatic rings. The second kappa shape index (κ2) is 7.84. The van der Waals surface area contributed by atoms with Gasteiger partial charge in [0.1, 0.15) is 5.82 Å². The monoisotopic (exact) mass is 318 g/mol. The molecule has 0 radical (unpaired) electrons. The second-order valence-electron chi connectivity index (χ2n) is 5.08. The number of nitrogens with one attached hydrogen (secondary N) is 1. The third-order valence-corrected chi connectivity index (χ3v) is 4.93. The number of hydrogen-bond donors (Lipinski definition) is 2. The highest BCUT2D eigenvalue weighted by atomic mass is 32.2. The smallest absolute Gasteiger partial charge is 0.279 e. The lowest BCUT2D eigenvalue weighted by Crippen LogP contribution is -2.45. The largest absolute Gasteiger partial charge is 0.387 e. The van der Waals surface area contributed by atoms with E-state index < -0.39 is 28.2 Å². The van der Waals surface area contributed by atoms with Gasteiger partial charge in [0.15, 0.2) is 0 Å². The molecular formula is C14H23FN2O3S. The normalized spacial score (nSPS) is 15.1. The van der Waals surface area contributed by atoms with Crippen molar-refractivity contribution in [1.29, 1.82) is 0 Å². The van der Waals surface area contributed by atoms with E-state index in [0.29, 0.717) is 12.1 Å². The predicted molar refractivity (Wildman–Crippen MR) is 80.4 cm³/mol. The van der Waals surface area contributed by atoms with E-state index in [-0.39, 0.29) is 0 Å². The van der Waals surface area contributed by atoms with Crippen molar-refractivity contribution in [3.05, 3.63) is 35.6 Å². The molecule has 2 atom stereocenters. The predicted octanol–water partition coefficient (Wildman–Crippen LogP) is 1.81. The summed E-state index contributed by atoms with van der Waals surface area (Å²) in [6, 6.07) is 4.61. The molecule has 0 amide bonds. The molecule has 0 aliphatic carbocycles. The van der Waals surface area contributed by atoms with Crippen LogP contribution in [-0.4, -0.2) is 37.5 Å². The summed E-state index contributed by atoms with van der Waals surface area (Å²) in [7, 11) is -2.15. The first kappa shape index (κ1) is 18.0. The molecule has 21 heavy (non-hydrogen) atoms. The van der Waals surface area contributed by atoms with Crippen molar-refractivity contribution < 1.29 is 17.9 Å². The summed E-state index contributed by atoms with van der Waals surface area (Å²) in [4.78, 5) is 0. The minimum atomic E-state index is -3.64. The van der Waals surface area contributed by atoms with E-state index in [1.807, 2.05) is 6.92 Å². The van der Waals surface area contributed by atoms with Gasteiger partial charge in [-0.25, -0.2) is 4.39 Å². The number of nitrogens with zero attached hydrogens (tertiary/aromatic N) is 1. The first-order valence-electron chi connectivity index (χ1n) is 6.95. The van der Waals surface area contributed by atoms with Crippen LogP contribution in [0.2, 0.25) is 0 Å². The summed E-state index contributed by atoms with van der Waals surface area (Å²) in [5, 5.41) is 10.1. The maximum Gasteiger partial charge on any atom is 0.279 e. The number of hydrogen-bond acceptors (Lipinski definition) is 3. The molecule has 0 bridgehead atoms. The zero-order chi connectivity index (χ0) is 16.0. The van der Waals surface area contributed by atoms with Gasteiger partial charge in [-0.15, -0.1) is 0 Å². The molecule has 0 aromatic heterocycles. The van der Waals surface area contributed by atoms with Crippen LogP contribution in [0.15, 0.2) is 24.3 Å². The molecule has 5 nitrogen and oxygen atoms in total. The Hall–Kier alpha value is -1.02. The summed E-state index contributed by atoms with van der Waals surface area (Å²) in [6.45, 7) is 3.97. The van der Waals surface area contributed by atoms with Crippen molar-refractivity contribution in [3.63, 3.8) is 0 Å². The molecule has 120 valence electrons. The number of rotatable bonds is 8. The molecule has 2 N–H and O–H groups in total. The molecule has 0 heterocycles. The molecule has 0 saturated carbocycles. The fourth-order valence-corrected chi connectivity index (χ4v) is 2.99. The minimum Gasteiger partial charge on any atom is -0.387 e. The van der Waals surface area contributed by atoms with Gasteiger partial charge in [0.05, 0.1) is 12.1 Å². The van der Waals surface area contributed by atoms with E-state index in [0.717, 1.165) is 12.8 Å². The van der Waals surface area contributed by atoms with E-state index in [2.05, 4.69) is 4.72 Å². The molecule has 1 rings (SSSR count). The molecule has 0 fully saturated rings. The molecule has 0 aliphatic heterocycles. The van der Waals surface area contributed by atoms with E-state index >= 15 is 0 Å². The summed E-state index contributed by atoms with van der Waals surface area (Å²) in [5.74, 6) is -0.404. The second-order valence-corrected chi connectivity index (χ2v) is 6.89. The molecule has 0 saturated heterocycles. The van der Waals surface area contributed by atoms with Crippen LogP contribution in [0.25, 0.3) is 0 Å². The maximum absolute atomic E-state index is 12.8. The van der Waals surface area contributed by atoms with Crippen LogP contribution < -0.4 is 4.72 Å². The Morgan fingerprint density at radius 2 is 1.90 bits per heavy atom. The highest BCUT2D eigenvalue weighted by Gasteiger charge is 2.24. The molecule has 7 heteroatoms. The summed E-state index contributed by atoms with van der Waals surface area (Å²) in [5.41, 5.74) is 0.461. The Kier molecular flexibility index (Phi) is 6.73. The molecule has 1 aromatic carbocycles. The van der Waals surface area contributed by atoms with Crippen LogP contribution in [0, 0.1) is 5.82 Å². The third kappa shape index (κ3) is 5.35. The van der Waals surface area contributed by atoms with Gasteiger partial charge in [-0.05, 0) is 31.0 Å².